The molecule has 0 unspecified atom stereocenters. The summed E-state index contributed by atoms with van der Waals surface area (Å²) in [5, 5.41) is 13.7. The molecule has 0 fully saturated rings. The lowest BCUT2D eigenvalue weighted by molar-refractivity contribution is 0.170. The van der Waals surface area contributed by atoms with Crippen LogP contribution in [-0.4, -0.2) is 17.7 Å². The van der Waals surface area contributed by atoms with E-state index in [1.165, 1.54) is 11.1 Å². The molecule has 0 amide bonds. The lowest BCUT2D eigenvalue weighted by Crippen LogP contribution is -2.32. The Morgan fingerprint density at radius 2 is 1.57 bits per heavy atom. The molecule has 0 aliphatic carbocycles. The minimum Gasteiger partial charge on any atom is -0.387 e. The predicted molar refractivity (Wildman–Crippen MR) is 88.5 cm³/mol. The molecular formula is C19H25NO. The second-order valence-corrected chi connectivity index (χ2v) is 5.81. The van der Waals surface area contributed by atoms with Gasteiger partial charge in [0.05, 0.1) is 6.10 Å². The third-order valence-electron chi connectivity index (χ3n) is 3.99. The van der Waals surface area contributed by atoms with Crippen LogP contribution in [0.5, 0.6) is 0 Å². The predicted octanol–water partition coefficient (Wildman–Crippen LogP) is 3.56. The third-order valence-corrected chi connectivity index (χ3v) is 3.99. The highest BCUT2D eigenvalue weighted by molar-refractivity contribution is 5.28. The molecule has 0 aliphatic heterocycles. The maximum Gasteiger partial charge on any atom is 0.0917 e. The van der Waals surface area contributed by atoms with Crippen molar-refractivity contribution < 1.29 is 5.11 Å². The van der Waals surface area contributed by atoms with E-state index in [1.54, 1.807) is 0 Å². The van der Waals surface area contributed by atoms with Crippen LogP contribution in [0.2, 0.25) is 0 Å². The number of benzene rings is 2. The first-order chi connectivity index (χ1) is 10.1. The van der Waals surface area contributed by atoms with Gasteiger partial charge < -0.3 is 10.4 Å². The number of rotatable bonds is 6. The molecular weight excluding hydrogens is 258 g/mol. The number of nitrogens with one attached hydrogen (secondary N) is 1. The monoisotopic (exact) mass is 283 g/mol. The Bertz CT molecular complexity index is 579. The van der Waals surface area contributed by atoms with E-state index in [0.717, 1.165) is 17.5 Å². The summed E-state index contributed by atoms with van der Waals surface area (Å²) in [4.78, 5) is 0. The minimum atomic E-state index is -0.453. The summed E-state index contributed by atoms with van der Waals surface area (Å²) in [6.45, 7) is 6.93. The van der Waals surface area contributed by atoms with Gasteiger partial charge in [-0.05, 0) is 49.4 Å². The summed E-state index contributed by atoms with van der Waals surface area (Å²) in [7, 11) is 0. The summed E-state index contributed by atoms with van der Waals surface area (Å²) >= 11 is 0. The van der Waals surface area contributed by atoms with E-state index in [4.69, 9.17) is 0 Å². The van der Waals surface area contributed by atoms with Crippen molar-refractivity contribution in [3.63, 3.8) is 0 Å². The Balaban J connectivity index is 1.88. The Morgan fingerprint density at radius 1 is 0.952 bits per heavy atom. The standard InChI is InChI=1S/C19H25NO/c1-14-8-4-6-10-17(14)12-16(3)20-13-19(21)18-11-7-5-9-15(18)2/h4-11,16,19-21H,12-13H2,1-3H3/t16-,19+/m1/s1. The first-order valence-corrected chi connectivity index (χ1v) is 7.59. The van der Waals surface area contributed by atoms with Gasteiger partial charge in [0.25, 0.3) is 0 Å². The highest BCUT2D eigenvalue weighted by Gasteiger charge is 2.12. The van der Waals surface area contributed by atoms with Gasteiger partial charge >= 0.3 is 0 Å². The summed E-state index contributed by atoms with van der Waals surface area (Å²) in [5.74, 6) is 0. The largest absolute Gasteiger partial charge is 0.387 e. The van der Waals surface area contributed by atoms with Crippen molar-refractivity contribution in [1.82, 2.24) is 5.32 Å². The van der Waals surface area contributed by atoms with Gasteiger partial charge in [-0.15, -0.1) is 0 Å². The van der Waals surface area contributed by atoms with Gasteiger partial charge in [-0.1, -0.05) is 48.5 Å². The highest BCUT2D eigenvalue weighted by Crippen LogP contribution is 2.17. The second kappa shape index (κ2) is 7.39. The molecule has 112 valence electrons. The molecule has 0 aromatic heterocycles. The normalized spacial score (nSPS) is 13.9. The van der Waals surface area contributed by atoms with E-state index < -0.39 is 6.10 Å². The molecule has 21 heavy (non-hydrogen) atoms. The fraction of sp³-hybridized carbons (Fsp3) is 0.368. The van der Waals surface area contributed by atoms with E-state index in [0.29, 0.717) is 12.6 Å². The minimum absolute atomic E-state index is 0.338. The van der Waals surface area contributed by atoms with E-state index in [1.807, 2.05) is 31.2 Å². The molecule has 0 saturated heterocycles. The molecule has 2 nitrogen and oxygen atoms in total. The van der Waals surface area contributed by atoms with Crippen LogP contribution in [0, 0.1) is 13.8 Å². The maximum absolute atomic E-state index is 10.3. The van der Waals surface area contributed by atoms with Gasteiger partial charge in [0, 0.05) is 12.6 Å². The van der Waals surface area contributed by atoms with Crippen molar-refractivity contribution >= 4 is 0 Å². The van der Waals surface area contributed by atoms with Crippen LogP contribution in [-0.2, 0) is 6.42 Å². The molecule has 0 aliphatic rings. The smallest absolute Gasteiger partial charge is 0.0917 e. The summed E-state index contributed by atoms with van der Waals surface area (Å²) in [6.07, 6.45) is 0.526. The van der Waals surface area contributed by atoms with E-state index in [9.17, 15) is 5.11 Å². The quantitative estimate of drug-likeness (QED) is 0.849. The fourth-order valence-electron chi connectivity index (χ4n) is 2.62. The van der Waals surface area contributed by atoms with Crippen LogP contribution >= 0.6 is 0 Å². The lowest BCUT2D eigenvalue weighted by Gasteiger charge is -2.19. The van der Waals surface area contributed by atoms with Gasteiger partial charge in [0.15, 0.2) is 0 Å². The average Bonchev–Trinajstić information content (AvgIpc) is 2.48. The zero-order valence-electron chi connectivity index (χ0n) is 13.1. The topological polar surface area (TPSA) is 32.3 Å². The number of aryl methyl sites for hydroxylation is 2. The van der Waals surface area contributed by atoms with Crippen LogP contribution in [0.3, 0.4) is 0 Å². The van der Waals surface area contributed by atoms with Crippen LogP contribution < -0.4 is 5.32 Å². The molecule has 0 saturated carbocycles. The highest BCUT2D eigenvalue weighted by atomic mass is 16.3. The fourth-order valence-corrected chi connectivity index (χ4v) is 2.62. The second-order valence-electron chi connectivity index (χ2n) is 5.81. The number of aliphatic hydroxyl groups excluding tert-OH is 1. The van der Waals surface area contributed by atoms with Gasteiger partial charge in [0.1, 0.15) is 0 Å². The molecule has 0 spiro atoms. The van der Waals surface area contributed by atoms with Crippen LogP contribution in [0.25, 0.3) is 0 Å². The van der Waals surface area contributed by atoms with Gasteiger partial charge in [0.2, 0.25) is 0 Å². The molecule has 0 radical (unpaired) electrons. The number of hydrogen-bond donors (Lipinski definition) is 2. The summed E-state index contributed by atoms with van der Waals surface area (Å²) in [5.41, 5.74) is 4.83. The van der Waals surface area contributed by atoms with Crippen molar-refractivity contribution in [2.45, 2.75) is 39.3 Å². The molecule has 2 aromatic carbocycles. The zero-order chi connectivity index (χ0) is 15.2. The van der Waals surface area contributed by atoms with Gasteiger partial charge in [-0.2, -0.15) is 0 Å². The lowest BCUT2D eigenvalue weighted by atomic mass is 10.0. The number of hydrogen-bond acceptors (Lipinski definition) is 2. The van der Waals surface area contributed by atoms with Crippen LogP contribution in [0.15, 0.2) is 48.5 Å². The maximum atomic E-state index is 10.3. The van der Waals surface area contributed by atoms with Gasteiger partial charge in [-0.3, -0.25) is 0 Å². The van der Waals surface area contributed by atoms with Crippen molar-refractivity contribution in [2.75, 3.05) is 6.54 Å². The number of aliphatic hydroxyl groups is 1. The van der Waals surface area contributed by atoms with Gasteiger partial charge in [-0.25, -0.2) is 0 Å². The Hall–Kier alpha value is -1.64. The Kier molecular flexibility index (Phi) is 5.54. The first-order valence-electron chi connectivity index (χ1n) is 7.59. The van der Waals surface area contributed by atoms with Crippen molar-refractivity contribution in [1.29, 1.82) is 0 Å². The van der Waals surface area contributed by atoms with E-state index in [2.05, 4.69) is 43.4 Å². The Morgan fingerprint density at radius 3 is 2.24 bits per heavy atom. The van der Waals surface area contributed by atoms with Crippen LogP contribution in [0.1, 0.15) is 35.3 Å². The zero-order valence-corrected chi connectivity index (χ0v) is 13.1. The molecule has 2 aromatic rings. The molecule has 2 atom stereocenters. The van der Waals surface area contributed by atoms with Crippen molar-refractivity contribution in [3.8, 4) is 0 Å². The summed E-state index contributed by atoms with van der Waals surface area (Å²) < 4.78 is 0. The third kappa shape index (κ3) is 4.42. The van der Waals surface area contributed by atoms with Crippen molar-refractivity contribution in [2.24, 2.45) is 0 Å². The molecule has 2 rings (SSSR count). The molecule has 0 bridgehead atoms. The molecule has 2 heteroatoms. The van der Waals surface area contributed by atoms with Crippen LogP contribution in [0.4, 0.5) is 0 Å². The Labute approximate surface area is 127 Å². The molecule has 0 heterocycles. The van der Waals surface area contributed by atoms with Crippen molar-refractivity contribution in [3.05, 3.63) is 70.8 Å². The SMILES string of the molecule is Cc1ccccc1C[C@@H](C)NC[C@H](O)c1ccccc1C. The van der Waals surface area contributed by atoms with E-state index in [-0.39, 0.29) is 0 Å². The summed E-state index contributed by atoms with van der Waals surface area (Å²) in [6, 6.07) is 16.8. The first kappa shape index (κ1) is 15.7. The average molecular weight is 283 g/mol. The molecule has 2 N–H and O–H groups in total. The van der Waals surface area contributed by atoms with E-state index >= 15 is 0 Å².